The fourth-order valence-electron chi connectivity index (χ4n) is 3.41. The fraction of sp³-hybridized carbons (Fsp3) is 0.474. The normalized spacial score (nSPS) is 23.6. The van der Waals surface area contributed by atoms with E-state index < -0.39 is 11.4 Å². The Labute approximate surface area is 152 Å². The average Bonchev–Trinajstić information content (AvgIpc) is 2.64. The molecule has 2 aliphatic heterocycles. The first-order chi connectivity index (χ1) is 12.4. The number of rotatable bonds is 4. The van der Waals surface area contributed by atoms with Gasteiger partial charge < -0.3 is 10.0 Å². The number of aliphatic carboxylic acids is 1. The van der Waals surface area contributed by atoms with Gasteiger partial charge in [0.1, 0.15) is 5.71 Å². The van der Waals surface area contributed by atoms with Gasteiger partial charge in [0.05, 0.1) is 12.0 Å². The molecule has 1 aromatic rings. The predicted octanol–water partition coefficient (Wildman–Crippen LogP) is 1.88. The fourth-order valence-corrected chi connectivity index (χ4v) is 3.41. The monoisotopic (exact) mass is 357 g/mol. The largest absolute Gasteiger partial charge is 0.481 e. The molecule has 1 unspecified atom stereocenters. The summed E-state index contributed by atoms with van der Waals surface area (Å²) in [7, 11) is 0. The van der Waals surface area contributed by atoms with Gasteiger partial charge in [-0.2, -0.15) is 5.10 Å². The van der Waals surface area contributed by atoms with Crippen LogP contribution in [0.3, 0.4) is 0 Å². The molecular formula is C19H23N3O4. The molecule has 0 bridgehead atoms. The minimum Gasteiger partial charge on any atom is -0.481 e. The smallest absolute Gasteiger partial charge is 0.311 e. The van der Waals surface area contributed by atoms with E-state index in [2.05, 4.69) is 5.10 Å². The number of carboxylic acid groups (broad SMARTS) is 1. The second-order valence-electron chi connectivity index (χ2n) is 7.18. The Morgan fingerprint density at radius 3 is 2.65 bits per heavy atom. The van der Waals surface area contributed by atoms with Crippen LogP contribution in [-0.4, -0.2) is 51.6 Å². The highest BCUT2D eigenvalue weighted by Crippen LogP contribution is 2.30. The molecule has 26 heavy (non-hydrogen) atoms. The SMILES string of the molecule is CC1(C(=O)O)CCCN(C(=O)C2=NN(Cc3ccccc3)C(=O)CC2)C1. The van der Waals surface area contributed by atoms with Crippen molar-refractivity contribution in [2.45, 2.75) is 39.2 Å². The lowest BCUT2D eigenvalue weighted by Crippen LogP contribution is -2.51. The molecule has 1 N–H and O–H groups in total. The Kier molecular flexibility index (Phi) is 5.06. The number of hydrazone groups is 1. The Morgan fingerprint density at radius 1 is 1.23 bits per heavy atom. The molecule has 0 aromatic heterocycles. The molecule has 2 aliphatic rings. The molecule has 0 aliphatic carbocycles. The zero-order chi connectivity index (χ0) is 18.7. The lowest BCUT2D eigenvalue weighted by Gasteiger charge is -2.38. The van der Waals surface area contributed by atoms with Crippen molar-refractivity contribution in [1.82, 2.24) is 9.91 Å². The molecule has 1 saturated heterocycles. The minimum absolute atomic E-state index is 0.112. The third kappa shape index (κ3) is 3.76. The van der Waals surface area contributed by atoms with Crippen molar-refractivity contribution in [1.29, 1.82) is 0 Å². The van der Waals surface area contributed by atoms with E-state index in [0.29, 0.717) is 38.1 Å². The van der Waals surface area contributed by atoms with E-state index in [0.717, 1.165) is 5.56 Å². The summed E-state index contributed by atoms with van der Waals surface area (Å²) in [6.07, 6.45) is 1.73. The van der Waals surface area contributed by atoms with Gasteiger partial charge in [-0.1, -0.05) is 30.3 Å². The second kappa shape index (κ2) is 7.27. The van der Waals surface area contributed by atoms with Crippen LogP contribution in [0.15, 0.2) is 35.4 Å². The van der Waals surface area contributed by atoms with Crippen LogP contribution in [0.2, 0.25) is 0 Å². The summed E-state index contributed by atoms with van der Waals surface area (Å²) in [5.74, 6) is -1.26. The third-order valence-electron chi connectivity index (χ3n) is 5.03. The van der Waals surface area contributed by atoms with Crippen molar-refractivity contribution in [2.24, 2.45) is 10.5 Å². The van der Waals surface area contributed by atoms with Gasteiger partial charge in [-0.25, -0.2) is 5.01 Å². The molecule has 3 rings (SSSR count). The van der Waals surface area contributed by atoms with E-state index >= 15 is 0 Å². The molecule has 0 saturated carbocycles. The summed E-state index contributed by atoms with van der Waals surface area (Å²) in [4.78, 5) is 38.0. The summed E-state index contributed by atoms with van der Waals surface area (Å²) >= 11 is 0. The lowest BCUT2D eigenvalue weighted by atomic mass is 9.82. The van der Waals surface area contributed by atoms with Crippen molar-refractivity contribution in [3.63, 3.8) is 0 Å². The zero-order valence-electron chi connectivity index (χ0n) is 14.9. The maximum atomic E-state index is 12.8. The van der Waals surface area contributed by atoms with Gasteiger partial charge in [-0.15, -0.1) is 0 Å². The molecule has 2 amide bonds. The standard InChI is InChI=1S/C19H23N3O4/c1-19(18(25)26)10-5-11-21(13-19)17(24)15-8-9-16(23)22(20-15)12-14-6-3-2-4-7-14/h2-4,6-7H,5,8-13H2,1H3,(H,25,26). The van der Waals surface area contributed by atoms with Gasteiger partial charge in [0.25, 0.3) is 5.91 Å². The summed E-state index contributed by atoms with van der Waals surface area (Å²) in [5.41, 5.74) is 0.341. The van der Waals surface area contributed by atoms with Crippen LogP contribution < -0.4 is 0 Å². The molecular weight excluding hydrogens is 334 g/mol. The second-order valence-corrected chi connectivity index (χ2v) is 7.18. The van der Waals surface area contributed by atoms with Crippen LogP contribution in [0.4, 0.5) is 0 Å². The Morgan fingerprint density at radius 2 is 1.96 bits per heavy atom. The maximum Gasteiger partial charge on any atom is 0.311 e. The van der Waals surface area contributed by atoms with Crippen LogP contribution in [0.5, 0.6) is 0 Å². The molecule has 1 fully saturated rings. The van der Waals surface area contributed by atoms with Crippen molar-refractivity contribution in [3.05, 3.63) is 35.9 Å². The Bertz CT molecular complexity index is 746. The number of benzene rings is 1. The lowest BCUT2D eigenvalue weighted by molar-refractivity contribution is -0.152. The first-order valence-corrected chi connectivity index (χ1v) is 8.83. The van der Waals surface area contributed by atoms with Gasteiger partial charge in [-0.3, -0.25) is 14.4 Å². The van der Waals surface area contributed by atoms with Crippen LogP contribution in [0.1, 0.15) is 38.2 Å². The number of carbonyl (C=O) groups excluding carboxylic acids is 2. The summed E-state index contributed by atoms with van der Waals surface area (Å²) in [5, 5.41) is 15.1. The first kappa shape index (κ1) is 18.1. The van der Waals surface area contributed by atoms with Crippen molar-refractivity contribution in [2.75, 3.05) is 13.1 Å². The quantitative estimate of drug-likeness (QED) is 0.891. The highest BCUT2D eigenvalue weighted by atomic mass is 16.4. The Balaban J connectivity index is 1.75. The highest BCUT2D eigenvalue weighted by Gasteiger charge is 2.40. The van der Waals surface area contributed by atoms with Gasteiger partial charge in [-0.05, 0) is 25.3 Å². The first-order valence-electron chi connectivity index (χ1n) is 8.83. The summed E-state index contributed by atoms with van der Waals surface area (Å²) < 4.78 is 0. The van der Waals surface area contributed by atoms with E-state index in [-0.39, 0.29) is 24.8 Å². The molecule has 7 heteroatoms. The van der Waals surface area contributed by atoms with Gasteiger partial charge in [0.15, 0.2) is 0 Å². The molecule has 1 aromatic carbocycles. The predicted molar refractivity (Wildman–Crippen MR) is 95.2 cm³/mol. The number of nitrogens with zero attached hydrogens (tertiary/aromatic N) is 3. The third-order valence-corrected chi connectivity index (χ3v) is 5.03. The number of hydrogen-bond acceptors (Lipinski definition) is 4. The van der Waals surface area contributed by atoms with Gasteiger partial charge in [0, 0.05) is 25.9 Å². The van der Waals surface area contributed by atoms with Gasteiger partial charge >= 0.3 is 5.97 Å². The minimum atomic E-state index is -0.928. The van der Waals surface area contributed by atoms with E-state index in [1.165, 1.54) is 5.01 Å². The summed E-state index contributed by atoms with van der Waals surface area (Å²) in [6.45, 7) is 2.69. The van der Waals surface area contributed by atoms with Crippen LogP contribution in [-0.2, 0) is 20.9 Å². The molecule has 0 spiro atoms. The van der Waals surface area contributed by atoms with E-state index in [1.807, 2.05) is 30.3 Å². The van der Waals surface area contributed by atoms with Crippen LogP contribution in [0.25, 0.3) is 0 Å². The van der Waals surface area contributed by atoms with Crippen molar-refractivity contribution in [3.8, 4) is 0 Å². The maximum absolute atomic E-state index is 12.8. The molecule has 2 heterocycles. The molecule has 0 radical (unpaired) electrons. The average molecular weight is 357 g/mol. The molecule has 138 valence electrons. The van der Waals surface area contributed by atoms with Crippen LogP contribution >= 0.6 is 0 Å². The Hall–Kier alpha value is -2.70. The van der Waals surface area contributed by atoms with E-state index in [1.54, 1.807) is 11.8 Å². The number of carbonyl (C=O) groups is 3. The molecule has 1 atom stereocenters. The number of carboxylic acids is 1. The number of amides is 2. The van der Waals surface area contributed by atoms with E-state index in [4.69, 9.17) is 0 Å². The molecule has 7 nitrogen and oxygen atoms in total. The number of piperidine rings is 1. The zero-order valence-corrected chi connectivity index (χ0v) is 14.9. The summed E-state index contributed by atoms with van der Waals surface area (Å²) in [6, 6.07) is 9.49. The topological polar surface area (TPSA) is 90.3 Å². The van der Waals surface area contributed by atoms with Crippen LogP contribution in [0, 0.1) is 5.41 Å². The van der Waals surface area contributed by atoms with E-state index in [9.17, 15) is 19.5 Å². The van der Waals surface area contributed by atoms with Crippen molar-refractivity contribution >= 4 is 23.5 Å². The van der Waals surface area contributed by atoms with Gasteiger partial charge in [0.2, 0.25) is 5.91 Å². The number of hydrogen-bond donors (Lipinski definition) is 1. The number of likely N-dealkylation sites (tertiary alicyclic amines) is 1. The highest BCUT2D eigenvalue weighted by molar-refractivity contribution is 6.39. The van der Waals surface area contributed by atoms with Crippen molar-refractivity contribution < 1.29 is 19.5 Å².